The van der Waals surface area contributed by atoms with Crippen LogP contribution in [0.4, 0.5) is 0 Å². The van der Waals surface area contributed by atoms with Crippen LogP contribution in [0.2, 0.25) is 0 Å². The number of nitrogens with zero attached hydrogens (tertiary/aromatic N) is 4. The maximum atomic E-state index is 6.05. The van der Waals surface area contributed by atoms with E-state index in [0.717, 1.165) is 32.3 Å². The summed E-state index contributed by atoms with van der Waals surface area (Å²) in [6.45, 7) is 3.97. The molecule has 4 nitrogen and oxygen atoms in total. The molecule has 0 saturated carbocycles. The molecule has 0 amide bonds. The minimum absolute atomic E-state index is 0.406. The maximum Gasteiger partial charge on any atom is 0.195 e. The summed E-state index contributed by atoms with van der Waals surface area (Å²) in [7, 11) is 0. The smallest absolute Gasteiger partial charge is 0.195 e. The summed E-state index contributed by atoms with van der Waals surface area (Å²) in [6, 6.07) is 0. The topological polar surface area (TPSA) is 35.1 Å². The van der Waals surface area contributed by atoms with Gasteiger partial charge >= 0.3 is 0 Å². The van der Waals surface area contributed by atoms with Crippen LogP contribution in [-0.2, 0) is 5.88 Å². The number of fused-ring (bicyclic) bond motifs is 1. The molecular weight excluding hydrogens is 336 g/mol. The quantitative estimate of drug-likeness (QED) is 0.664. The summed E-state index contributed by atoms with van der Waals surface area (Å²) in [5.74, 6) is 1.21. The Morgan fingerprint density at radius 1 is 1.44 bits per heavy atom. The third-order valence-electron chi connectivity index (χ3n) is 2.87. The second-order valence-corrected chi connectivity index (χ2v) is 5.90. The average molecular weight is 346 g/mol. The Bertz CT molecular complexity index is 727. The van der Waals surface area contributed by atoms with Gasteiger partial charge in [-0.25, -0.2) is 4.68 Å². The molecule has 3 heterocycles. The van der Waals surface area contributed by atoms with Crippen LogP contribution in [-0.4, -0.2) is 19.2 Å². The molecule has 94 valence electrons. The number of alkyl halides is 1. The molecule has 3 aromatic rings. The van der Waals surface area contributed by atoms with E-state index < -0.39 is 0 Å². The number of rotatable bonds is 2. The van der Waals surface area contributed by atoms with Crippen molar-refractivity contribution < 1.29 is 0 Å². The van der Waals surface area contributed by atoms with Gasteiger partial charge in [-0.2, -0.15) is 10.1 Å². The van der Waals surface area contributed by atoms with Crippen LogP contribution in [0.25, 0.3) is 10.8 Å². The van der Waals surface area contributed by atoms with E-state index in [-0.39, 0.29) is 0 Å². The molecule has 0 aliphatic heterocycles. The first-order valence-electron chi connectivity index (χ1n) is 5.36. The molecule has 0 atom stereocenters. The monoisotopic (exact) mass is 344 g/mol. The molecule has 0 saturated heterocycles. The molecule has 0 aromatic carbocycles. The van der Waals surface area contributed by atoms with Gasteiger partial charge in [-0.3, -0.25) is 4.40 Å². The van der Waals surface area contributed by atoms with Gasteiger partial charge < -0.3 is 0 Å². The molecule has 18 heavy (non-hydrogen) atoms. The van der Waals surface area contributed by atoms with Crippen LogP contribution in [0, 0.1) is 13.8 Å². The van der Waals surface area contributed by atoms with E-state index in [4.69, 9.17) is 11.6 Å². The van der Waals surface area contributed by atoms with Crippen LogP contribution >= 0.6 is 38.9 Å². The number of hydrogen-bond acceptors (Lipinski definition) is 3. The van der Waals surface area contributed by atoms with Crippen molar-refractivity contribution >= 4 is 43.8 Å². The van der Waals surface area contributed by atoms with Crippen molar-refractivity contribution in [1.29, 1.82) is 0 Å². The summed E-state index contributed by atoms with van der Waals surface area (Å²) >= 11 is 11.2. The Kier molecular flexibility index (Phi) is 2.96. The SMILES string of the molecule is Cc1nn(-c2nc3sccn3c2CCl)c(C)c1Br. The van der Waals surface area contributed by atoms with Crippen molar-refractivity contribution in [2.75, 3.05) is 0 Å². The van der Waals surface area contributed by atoms with Crippen LogP contribution < -0.4 is 0 Å². The summed E-state index contributed by atoms with van der Waals surface area (Å²) in [4.78, 5) is 5.54. The lowest BCUT2D eigenvalue weighted by Crippen LogP contribution is -2.03. The highest BCUT2D eigenvalue weighted by Crippen LogP contribution is 2.27. The predicted molar refractivity (Wildman–Crippen MR) is 76.9 cm³/mol. The van der Waals surface area contributed by atoms with Gasteiger partial charge in [0.05, 0.1) is 27.4 Å². The fourth-order valence-electron chi connectivity index (χ4n) is 1.94. The first-order chi connectivity index (χ1) is 8.63. The van der Waals surface area contributed by atoms with Gasteiger partial charge in [-0.1, -0.05) is 0 Å². The van der Waals surface area contributed by atoms with Crippen LogP contribution in [0.3, 0.4) is 0 Å². The lowest BCUT2D eigenvalue weighted by Gasteiger charge is -2.02. The minimum atomic E-state index is 0.406. The van der Waals surface area contributed by atoms with Gasteiger partial charge in [0.25, 0.3) is 0 Å². The average Bonchev–Trinajstić information content (AvgIpc) is 2.98. The zero-order chi connectivity index (χ0) is 12.9. The summed E-state index contributed by atoms with van der Waals surface area (Å²) in [5.41, 5.74) is 2.94. The van der Waals surface area contributed by atoms with E-state index in [1.165, 1.54) is 0 Å². The van der Waals surface area contributed by atoms with Crippen LogP contribution in [0.5, 0.6) is 0 Å². The van der Waals surface area contributed by atoms with Crippen LogP contribution in [0.1, 0.15) is 17.1 Å². The van der Waals surface area contributed by atoms with Gasteiger partial charge in [0.15, 0.2) is 10.8 Å². The Hall–Kier alpha value is -0.850. The Morgan fingerprint density at radius 2 is 2.22 bits per heavy atom. The first-order valence-corrected chi connectivity index (χ1v) is 7.56. The Labute approximate surface area is 121 Å². The zero-order valence-corrected chi connectivity index (χ0v) is 13.0. The number of hydrogen-bond donors (Lipinski definition) is 0. The molecular formula is C11H10BrClN4S. The molecule has 0 bridgehead atoms. The zero-order valence-electron chi connectivity index (χ0n) is 9.81. The van der Waals surface area contributed by atoms with Gasteiger partial charge in [0.2, 0.25) is 0 Å². The minimum Gasteiger partial charge on any atom is -0.291 e. The van der Waals surface area contributed by atoms with E-state index in [0.29, 0.717) is 5.88 Å². The van der Waals surface area contributed by atoms with E-state index in [1.807, 2.05) is 34.5 Å². The van der Waals surface area contributed by atoms with Crippen molar-refractivity contribution in [2.24, 2.45) is 0 Å². The first kappa shape index (κ1) is 12.2. The molecule has 0 unspecified atom stereocenters. The third kappa shape index (κ3) is 1.63. The van der Waals surface area contributed by atoms with Gasteiger partial charge in [0, 0.05) is 11.6 Å². The van der Waals surface area contributed by atoms with Crippen molar-refractivity contribution in [3.8, 4) is 5.82 Å². The van der Waals surface area contributed by atoms with Crippen molar-refractivity contribution in [1.82, 2.24) is 19.2 Å². The number of thiazole rings is 1. The van der Waals surface area contributed by atoms with Crippen molar-refractivity contribution in [2.45, 2.75) is 19.7 Å². The fourth-order valence-corrected chi connectivity index (χ4v) is 3.17. The molecule has 0 fully saturated rings. The Balaban J connectivity index is 2.30. The standard InChI is InChI=1S/C11H10BrClN4S/c1-6-9(12)7(2)17(15-6)10-8(5-13)16-3-4-18-11(16)14-10/h3-4H,5H2,1-2H3. The van der Waals surface area contributed by atoms with Crippen molar-refractivity contribution in [3.05, 3.63) is 33.1 Å². The molecule has 3 rings (SSSR count). The molecule has 0 spiro atoms. The molecule has 0 radical (unpaired) electrons. The van der Waals surface area contributed by atoms with Crippen molar-refractivity contribution in [3.63, 3.8) is 0 Å². The molecule has 7 heteroatoms. The fraction of sp³-hybridized carbons (Fsp3) is 0.273. The summed E-state index contributed by atoms with van der Waals surface area (Å²) in [6.07, 6.45) is 1.98. The number of imidazole rings is 1. The number of aromatic nitrogens is 4. The van der Waals surface area contributed by atoms with Crippen LogP contribution in [0.15, 0.2) is 16.0 Å². The second-order valence-electron chi connectivity index (χ2n) is 3.97. The highest BCUT2D eigenvalue weighted by molar-refractivity contribution is 9.10. The largest absolute Gasteiger partial charge is 0.291 e. The second kappa shape index (κ2) is 4.36. The van der Waals surface area contributed by atoms with Gasteiger partial charge in [-0.15, -0.1) is 22.9 Å². The number of halogens is 2. The molecule has 0 N–H and O–H groups in total. The third-order valence-corrected chi connectivity index (χ3v) is 5.03. The number of aryl methyl sites for hydroxylation is 1. The summed E-state index contributed by atoms with van der Waals surface area (Å²) < 4.78 is 4.87. The maximum absolute atomic E-state index is 6.05. The highest BCUT2D eigenvalue weighted by Gasteiger charge is 2.18. The Morgan fingerprint density at radius 3 is 2.83 bits per heavy atom. The predicted octanol–water partition coefficient (Wildman–Crippen LogP) is 3.70. The molecule has 3 aromatic heterocycles. The normalized spacial score (nSPS) is 11.6. The highest BCUT2D eigenvalue weighted by atomic mass is 79.9. The van der Waals surface area contributed by atoms with E-state index in [2.05, 4.69) is 26.0 Å². The van der Waals surface area contributed by atoms with Gasteiger partial charge in [0.1, 0.15) is 0 Å². The molecule has 0 aliphatic rings. The van der Waals surface area contributed by atoms with E-state index in [9.17, 15) is 0 Å². The summed E-state index contributed by atoms with van der Waals surface area (Å²) in [5, 5.41) is 6.50. The molecule has 0 aliphatic carbocycles. The van der Waals surface area contributed by atoms with E-state index >= 15 is 0 Å². The van der Waals surface area contributed by atoms with Gasteiger partial charge in [-0.05, 0) is 29.8 Å². The lowest BCUT2D eigenvalue weighted by molar-refractivity contribution is 0.803. The lowest BCUT2D eigenvalue weighted by atomic mass is 10.4. The van der Waals surface area contributed by atoms with E-state index in [1.54, 1.807) is 11.3 Å².